The number of methoxy groups -OCH3 is 1. The highest BCUT2D eigenvalue weighted by Crippen LogP contribution is 2.59. The Kier molecular flexibility index (Phi) is 14.0. The van der Waals surface area contributed by atoms with Crippen molar-refractivity contribution in [1.29, 1.82) is 5.26 Å². The Balaban J connectivity index is 0.00000393. The van der Waals surface area contributed by atoms with E-state index in [9.17, 15) is 30.2 Å². The molecule has 9 nitrogen and oxygen atoms in total. The first-order valence-electron chi connectivity index (χ1n) is 14.7. The average molecular weight is 592 g/mol. The third-order valence-corrected chi connectivity index (χ3v) is 9.79. The van der Waals surface area contributed by atoms with E-state index in [0.29, 0.717) is 13.0 Å². The minimum Gasteiger partial charge on any atom is -0.504 e. The van der Waals surface area contributed by atoms with Crippen molar-refractivity contribution in [3.63, 3.8) is 0 Å². The van der Waals surface area contributed by atoms with Gasteiger partial charge in [-0.15, -0.1) is 0 Å². The summed E-state index contributed by atoms with van der Waals surface area (Å²) < 4.78 is 4.54. The molecule has 0 saturated heterocycles. The van der Waals surface area contributed by atoms with Crippen LogP contribution in [0.25, 0.3) is 0 Å². The first kappa shape index (κ1) is 39.2. The Morgan fingerprint density at radius 2 is 1.50 bits per heavy atom. The highest BCUT2D eigenvalue weighted by molar-refractivity contribution is 5.87. The van der Waals surface area contributed by atoms with Gasteiger partial charge in [-0.3, -0.25) is 9.59 Å². The summed E-state index contributed by atoms with van der Waals surface area (Å²) in [6.07, 6.45) is 0.435. The number of nitrogens with one attached hydrogen (secondary N) is 2. The summed E-state index contributed by atoms with van der Waals surface area (Å²) in [5.41, 5.74) is -4.13. The standard InChI is InChI=1S/C30H49N3O5.C3H8O/c1-19(2)17-33-30(11,25(38)32-15-14-20-12-13-21(34)22(35)16-20)29(9,10)28(7,8)23(24(36)37)27(5,6)26(3,4)18-31;1-3-4-2/h12-13,16,19,23,33-35H,14-15,17H2,1-11H3,(H,32,38)(H,36,37);3H2,1-2H3. The van der Waals surface area contributed by atoms with Crippen LogP contribution >= 0.6 is 0 Å². The topological polar surface area (TPSA) is 152 Å². The number of ether oxygens (including phenoxy) is 1. The lowest BCUT2D eigenvalue weighted by Gasteiger charge is -2.58. The van der Waals surface area contributed by atoms with Crippen molar-refractivity contribution in [3.05, 3.63) is 23.8 Å². The van der Waals surface area contributed by atoms with E-state index < -0.39 is 39.1 Å². The summed E-state index contributed by atoms with van der Waals surface area (Å²) in [7, 11) is 1.68. The third kappa shape index (κ3) is 8.61. The van der Waals surface area contributed by atoms with E-state index in [1.807, 2.05) is 69.2 Å². The monoisotopic (exact) mass is 591 g/mol. The maximum Gasteiger partial charge on any atom is 0.307 e. The molecule has 2 unspecified atom stereocenters. The van der Waals surface area contributed by atoms with Gasteiger partial charge in [0, 0.05) is 20.3 Å². The number of aliphatic carboxylic acids is 1. The zero-order valence-corrected chi connectivity index (χ0v) is 28.2. The fourth-order valence-corrected chi connectivity index (χ4v) is 5.24. The molecule has 2 atom stereocenters. The van der Waals surface area contributed by atoms with Crippen LogP contribution < -0.4 is 10.6 Å². The van der Waals surface area contributed by atoms with Gasteiger partial charge in [0.1, 0.15) is 5.54 Å². The normalized spacial score (nSPS) is 14.7. The van der Waals surface area contributed by atoms with E-state index in [-0.39, 0.29) is 29.9 Å². The van der Waals surface area contributed by atoms with Gasteiger partial charge in [-0.25, -0.2) is 0 Å². The van der Waals surface area contributed by atoms with Gasteiger partial charge in [-0.2, -0.15) is 5.26 Å². The fraction of sp³-hybridized carbons (Fsp3) is 0.727. The van der Waals surface area contributed by atoms with Crippen LogP contribution in [0.5, 0.6) is 11.5 Å². The van der Waals surface area contributed by atoms with E-state index in [1.54, 1.807) is 27.0 Å². The second kappa shape index (κ2) is 15.1. The molecule has 1 aromatic carbocycles. The Morgan fingerprint density at radius 1 is 0.976 bits per heavy atom. The number of nitrogens with zero attached hydrogens (tertiary/aromatic N) is 1. The van der Waals surface area contributed by atoms with Crippen LogP contribution in [0.2, 0.25) is 0 Å². The second-order valence-corrected chi connectivity index (χ2v) is 13.9. The number of carboxylic acids is 1. The molecule has 0 aliphatic carbocycles. The predicted molar refractivity (Wildman–Crippen MR) is 167 cm³/mol. The molecule has 5 N–H and O–H groups in total. The maximum absolute atomic E-state index is 13.9. The van der Waals surface area contributed by atoms with E-state index in [4.69, 9.17) is 0 Å². The lowest BCUT2D eigenvalue weighted by atomic mass is 9.46. The second-order valence-electron chi connectivity index (χ2n) is 13.9. The Hall–Kier alpha value is -2.83. The summed E-state index contributed by atoms with van der Waals surface area (Å²) in [5.74, 6) is -2.40. The zero-order chi connectivity index (χ0) is 33.3. The number of carbonyl (C=O) groups excluding carboxylic acids is 1. The Bertz CT molecular complexity index is 1090. The number of benzene rings is 1. The number of carbonyl (C=O) groups is 2. The van der Waals surface area contributed by atoms with Crippen molar-refractivity contribution in [2.75, 3.05) is 26.8 Å². The van der Waals surface area contributed by atoms with Gasteiger partial charge in [0.15, 0.2) is 11.5 Å². The number of carboxylic acid groups (broad SMARTS) is 1. The molecule has 42 heavy (non-hydrogen) atoms. The van der Waals surface area contributed by atoms with Crippen LogP contribution in [0.3, 0.4) is 0 Å². The van der Waals surface area contributed by atoms with Crippen molar-refractivity contribution in [2.24, 2.45) is 33.5 Å². The van der Waals surface area contributed by atoms with Gasteiger partial charge in [-0.05, 0) is 80.5 Å². The summed E-state index contributed by atoms with van der Waals surface area (Å²) in [4.78, 5) is 26.8. The largest absolute Gasteiger partial charge is 0.504 e. The molecular formula is C33H57N3O6. The van der Waals surface area contributed by atoms with Gasteiger partial charge in [0.05, 0.1) is 17.4 Å². The highest BCUT2D eigenvalue weighted by atomic mass is 16.5. The summed E-state index contributed by atoms with van der Waals surface area (Å²) in [5, 5.41) is 46.2. The quantitative estimate of drug-likeness (QED) is 0.172. The lowest BCUT2D eigenvalue weighted by Crippen LogP contribution is -2.70. The number of phenolic OH excluding ortho intramolecular Hbond substituents is 2. The molecule has 0 aliphatic rings. The van der Waals surface area contributed by atoms with Crippen LogP contribution in [0.1, 0.15) is 88.6 Å². The number of hydrogen-bond donors (Lipinski definition) is 5. The SMILES string of the molecule is CC(C)CNC(C)(C(=O)NCCc1ccc(O)c(O)c1)C(C)(C)C(C)(C)C(C(=O)O)C(C)(C)C(C)(C)C#N.CCOC. The van der Waals surface area contributed by atoms with E-state index in [0.717, 1.165) is 12.2 Å². The molecule has 0 radical (unpaired) electrons. The van der Waals surface area contributed by atoms with Crippen molar-refractivity contribution < 1.29 is 29.6 Å². The van der Waals surface area contributed by atoms with Crippen LogP contribution in [-0.2, 0) is 20.7 Å². The minimum absolute atomic E-state index is 0.206. The molecule has 240 valence electrons. The Labute approximate surface area is 254 Å². The van der Waals surface area contributed by atoms with Gasteiger partial charge in [-0.1, -0.05) is 61.5 Å². The van der Waals surface area contributed by atoms with Crippen LogP contribution in [0, 0.1) is 44.8 Å². The number of phenols is 2. The molecule has 0 saturated carbocycles. The zero-order valence-electron chi connectivity index (χ0n) is 28.2. The molecule has 0 fully saturated rings. The van der Waals surface area contributed by atoms with Crippen molar-refractivity contribution >= 4 is 11.9 Å². The molecule has 0 bridgehead atoms. The number of hydrogen-bond acceptors (Lipinski definition) is 7. The summed E-state index contributed by atoms with van der Waals surface area (Å²) >= 11 is 0. The molecule has 9 heteroatoms. The number of rotatable bonds is 14. The number of aromatic hydroxyl groups is 2. The molecule has 1 amide bonds. The molecule has 1 aromatic rings. The molecule has 0 heterocycles. The number of amides is 1. The number of nitriles is 1. The first-order chi connectivity index (χ1) is 19.0. The first-order valence-corrected chi connectivity index (χ1v) is 14.7. The molecule has 0 aromatic heterocycles. The van der Waals surface area contributed by atoms with Gasteiger partial charge in [0.2, 0.25) is 5.91 Å². The summed E-state index contributed by atoms with van der Waals surface area (Å²) in [6.45, 7) is 24.3. The van der Waals surface area contributed by atoms with E-state index in [2.05, 4.69) is 21.4 Å². The van der Waals surface area contributed by atoms with Crippen LogP contribution in [0.4, 0.5) is 0 Å². The maximum atomic E-state index is 13.9. The molecule has 0 spiro atoms. The van der Waals surface area contributed by atoms with Crippen molar-refractivity contribution in [3.8, 4) is 17.6 Å². The smallest absolute Gasteiger partial charge is 0.307 e. The third-order valence-electron chi connectivity index (χ3n) is 9.79. The van der Waals surface area contributed by atoms with Gasteiger partial charge < -0.3 is 30.7 Å². The van der Waals surface area contributed by atoms with Crippen LogP contribution in [0.15, 0.2) is 18.2 Å². The van der Waals surface area contributed by atoms with E-state index in [1.165, 1.54) is 12.1 Å². The molecule has 0 aliphatic heterocycles. The average Bonchev–Trinajstić information content (AvgIpc) is 2.88. The predicted octanol–water partition coefficient (Wildman–Crippen LogP) is 5.74. The fourth-order valence-electron chi connectivity index (χ4n) is 5.24. The van der Waals surface area contributed by atoms with Gasteiger partial charge >= 0.3 is 5.97 Å². The highest BCUT2D eigenvalue weighted by Gasteiger charge is 2.63. The van der Waals surface area contributed by atoms with Crippen molar-refractivity contribution in [2.45, 2.75) is 95.0 Å². The minimum atomic E-state index is -1.17. The van der Waals surface area contributed by atoms with Crippen molar-refractivity contribution in [1.82, 2.24) is 10.6 Å². The Morgan fingerprint density at radius 3 is 1.90 bits per heavy atom. The van der Waals surface area contributed by atoms with Gasteiger partial charge in [0.25, 0.3) is 0 Å². The lowest BCUT2D eigenvalue weighted by molar-refractivity contribution is -0.171. The molecular weight excluding hydrogens is 534 g/mol. The molecule has 1 rings (SSSR count). The van der Waals surface area contributed by atoms with Crippen LogP contribution in [-0.4, -0.2) is 59.5 Å². The summed E-state index contributed by atoms with van der Waals surface area (Å²) in [6, 6.07) is 6.85. The van der Waals surface area contributed by atoms with E-state index >= 15 is 0 Å².